The summed E-state index contributed by atoms with van der Waals surface area (Å²) in [6.45, 7) is 3.07. The highest BCUT2D eigenvalue weighted by Gasteiger charge is 2.14. The van der Waals surface area contributed by atoms with Gasteiger partial charge in [-0.15, -0.1) is 0 Å². The fourth-order valence-electron chi connectivity index (χ4n) is 3.76. The average molecular weight is 517 g/mol. The molecule has 0 bridgehead atoms. The van der Waals surface area contributed by atoms with E-state index in [2.05, 4.69) is 15.6 Å². The van der Waals surface area contributed by atoms with Gasteiger partial charge in [-0.2, -0.15) is 0 Å². The number of hydrogen-bond acceptors (Lipinski definition) is 6. The summed E-state index contributed by atoms with van der Waals surface area (Å²) >= 11 is 1.21. The molecule has 0 saturated heterocycles. The number of hydrogen-bond donors (Lipinski definition) is 2. The van der Waals surface area contributed by atoms with E-state index in [1.54, 1.807) is 42.0 Å². The lowest BCUT2D eigenvalue weighted by Crippen LogP contribution is -2.27. The molecule has 2 amide bonds. The molecule has 4 aromatic rings. The molecule has 9 heteroatoms. The molecule has 8 nitrogen and oxygen atoms in total. The van der Waals surface area contributed by atoms with Crippen molar-refractivity contribution in [1.29, 1.82) is 0 Å². The van der Waals surface area contributed by atoms with Crippen molar-refractivity contribution in [3.8, 4) is 0 Å². The van der Waals surface area contributed by atoms with E-state index in [1.807, 2.05) is 49.4 Å². The zero-order valence-corrected chi connectivity index (χ0v) is 21.5. The number of benzene rings is 3. The van der Waals surface area contributed by atoms with Crippen molar-refractivity contribution in [2.75, 3.05) is 31.3 Å². The van der Waals surface area contributed by atoms with Gasteiger partial charge < -0.3 is 15.4 Å². The largest absolute Gasteiger partial charge is 0.383 e. The van der Waals surface area contributed by atoms with Crippen molar-refractivity contribution in [3.05, 3.63) is 99.8 Å². The molecule has 0 radical (unpaired) electrons. The fourth-order valence-corrected chi connectivity index (χ4v) is 4.56. The highest BCUT2D eigenvalue weighted by Crippen LogP contribution is 2.20. The second-order valence-electron chi connectivity index (χ2n) is 8.45. The van der Waals surface area contributed by atoms with E-state index in [9.17, 15) is 14.4 Å². The van der Waals surface area contributed by atoms with E-state index in [0.717, 1.165) is 16.8 Å². The number of anilines is 1. The predicted octanol–water partition coefficient (Wildman–Crippen LogP) is 3.86. The summed E-state index contributed by atoms with van der Waals surface area (Å²) < 4.78 is 6.53. The molecule has 0 atom stereocenters. The Labute approximate surface area is 219 Å². The summed E-state index contributed by atoms with van der Waals surface area (Å²) in [5.41, 5.74) is 3.52. The monoisotopic (exact) mass is 516 g/mol. The van der Waals surface area contributed by atoms with E-state index in [4.69, 9.17) is 4.74 Å². The third-order valence-electron chi connectivity index (χ3n) is 5.61. The lowest BCUT2D eigenvalue weighted by atomic mass is 10.1. The minimum Gasteiger partial charge on any atom is -0.383 e. The third-order valence-corrected chi connectivity index (χ3v) is 6.59. The Morgan fingerprint density at radius 3 is 2.57 bits per heavy atom. The highest BCUT2D eigenvalue weighted by molar-refractivity contribution is 7.99. The van der Waals surface area contributed by atoms with Gasteiger partial charge in [-0.3, -0.25) is 19.0 Å². The van der Waals surface area contributed by atoms with Gasteiger partial charge in [-0.1, -0.05) is 48.2 Å². The van der Waals surface area contributed by atoms with Crippen LogP contribution in [0.2, 0.25) is 0 Å². The van der Waals surface area contributed by atoms with Gasteiger partial charge in [0.25, 0.3) is 11.5 Å². The lowest BCUT2D eigenvalue weighted by Gasteiger charge is -2.14. The van der Waals surface area contributed by atoms with Gasteiger partial charge in [-0.05, 0) is 54.4 Å². The molecule has 0 unspecified atom stereocenters. The second-order valence-corrected chi connectivity index (χ2v) is 9.40. The molecule has 0 aliphatic rings. The number of nitrogens with one attached hydrogen (secondary N) is 2. The minimum atomic E-state index is -0.191. The summed E-state index contributed by atoms with van der Waals surface area (Å²) in [5.74, 6) is -0.281. The quantitative estimate of drug-likeness (QED) is 0.189. The number of aromatic nitrogens is 2. The van der Waals surface area contributed by atoms with Crippen molar-refractivity contribution in [2.45, 2.75) is 18.6 Å². The highest BCUT2D eigenvalue weighted by atomic mass is 32.2. The van der Waals surface area contributed by atoms with Crippen LogP contribution in [0.4, 0.5) is 5.69 Å². The number of methoxy groups -OCH3 is 1. The Morgan fingerprint density at radius 2 is 1.81 bits per heavy atom. The first-order valence-corrected chi connectivity index (χ1v) is 12.8. The first kappa shape index (κ1) is 26.1. The van der Waals surface area contributed by atoms with Gasteiger partial charge in [0, 0.05) is 24.9 Å². The standard InChI is InChI=1S/C28H28N4O4S/c1-19-6-5-7-22(16-19)30-25(33)18-37-28-31-24-9-4-3-8-23(24)27(35)32(28)17-20-10-12-21(13-11-20)26(34)29-14-15-36-2/h3-13,16H,14-15,17-18H2,1-2H3,(H,29,34)(H,30,33). The molecule has 190 valence electrons. The lowest BCUT2D eigenvalue weighted by molar-refractivity contribution is -0.113. The summed E-state index contributed by atoms with van der Waals surface area (Å²) in [6, 6.07) is 21.8. The van der Waals surface area contributed by atoms with Crippen LogP contribution < -0.4 is 16.2 Å². The van der Waals surface area contributed by atoms with Crippen molar-refractivity contribution < 1.29 is 14.3 Å². The van der Waals surface area contributed by atoms with Gasteiger partial charge in [0.15, 0.2) is 5.16 Å². The Bertz CT molecular complexity index is 1470. The van der Waals surface area contributed by atoms with E-state index in [1.165, 1.54) is 11.8 Å². The Kier molecular flexibility index (Phi) is 8.71. The topological polar surface area (TPSA) is 102 Å². The molecule has 0 spiro atoms. The summed E-state index contributed by atoms with van der Waals surface area (Å²) in [5, 5.41) is 6.63. The van der Waals surface area contributed by atoms with Crippen molar-refractivity contribution in [1.82, 2.24) is 14.9 Å². The number of carbonyl (C=O) groups is 2. The summed E-state index contributed by atoms with van der Waals surface area (Å²) in [6.07, 6.45) is 0. The van der Waals surface area contributed by atoms with Crippen LogP contribution in [0.15, 0.2) is 82.7 Å². The zero-order valence-electron chi connectivity index (χ0n) is 20.7. The molecular weight excluding hydrogens is 488 g/mol. The maximum Gasteiger partial charge on any atom is 0.262 e. The molecule has 3 aromatic carbocycles. The predicted molar refractivity (Wildman–Crippen MR) is 146 cm³/mol. The SMILES string of the molecule is COCCNC(=O)c1ccc(Cn2c(SCC(=O)Nc3cccc(C)c3)nc3ccccc3c2=O)cc1. The molecule has 0 fully saturated rings. The molecule has 0 saturated carbocycles. The second kappa shape index (κ2) is 12.3. The molecule has 37 heavy (non-hydrogen) atoms. The zero-order chi connectivity index (χ0) is 26.2. The molecule has 2 N–H and O–H groups in total. The maximum atomic E-state index is 13.4. The number of ether oxygens (including phenoxy) is 1. The van der Waals surface area contributed by atoms with Gasteiger partial charge in [0.1, 0.15) is 0 Å². The van der Waals surface area contributed by atoms with Crippen LogP contribution in [0, 0.1) is 6.92 Å². The number of carbonyl (C=O) groups excluding carboxylic acids is 2. The van der Waals surface area contributed by atoms with E-state index in [-0.39, 0.29) is 29.7 Å². The number of aryl methyl sites for hydroxylation is 1. The summed E-state index contributed by atoms with van der Waals surface area (Å²) in [4.78, 5) is 43.0. The number of para-hydroxylation sites is 1. The number of nitrogens with zero attached hydrogens (tertiary/aromatic N) is 2. The Balaban J connectivity index is 1.54. The Morgan fingerprint density at radius 1 is 1.03 bits per heavy atom. The number of fused-ring (bicyclic) bond motifs is 1. The van der Waals surface area contributed by atoms with E-state index in [0.29, 0.717) is 34.8 Å². The smallest absolute Gasteiger partial charge is 0.262 e. The van der Waals surface area contributed by atoms with Crippen LogP contribution in [0.3, 0.4) is 0 Å². The molecule has 0 aliphatic carbocycles. The van der Waals surface area contributed by atoms with Crippen LogP contribution in [-0.4, -0.2) is 47.4 Å². The maximum absolute atomic E-state index is 13.4. The number of amides is 2. The van der Waals surface area contributed by atoms with Gasteiger partial charge in [0.2, 0.25) is 5.91 Å². The first-order valence-electron chi connectivity index (χ1n) is 11.8. The average Bonchev–Trinajstić information content (AvgIpc) is 2.90. The summed E-state index contributed by atoms with van der Waals surface area (Å²) in [7, 11) is 1.58. The van der Waals surface area contributed by atoms with Crippen LogP contribution in [0.5, 0.6) is 0 Å². The normalized spacial score (nSPS) is 10.9. The van der Waals surface area contributed by atoms with Crippen LogP contribution in [-0.2, 0) is 16.1 Å². The van der Waals surface area contributed by atoms with Gasteiger partial charge in [-0.25, -0.2) is 4.98 Å². The third kappa shape index (κ3) is 6.84. The molecular formula is C28H28N4O4S. The number of rotatable bonds is 10. The minimum absolute atomic E-state index is 0.0965. The fraction of sp³-hybridized carbons (Fsp3) is 0.214. The van der Waals surface area contributed by atoms with Crippen LogP contribution >= 0.6 is 11.8 Å². The van der Waals surface area contributed by atoms with Crippen molar-refractivity contribution in [2.24, 2.45) is 0 Å². The molecule has 4 rings (SSSR count). The Hall–Kier alpha value is -3.95. The first-order chi connectivity index (χ1) is 17.9. The van der Waals surface area contributed by atoms with Gasteiger partial charge in [0.05, 0.1) is 29.8 Å². The van der Waals surface area contributed by atoms with Crippen LogP contribution in [0.1, 0.15) is 21.5 Å². The van der Waals surface area contributed by atoms with Crippen molar-refractivity contribution >= 4 is 40.2 Å². The van der Waals surface area contributed by atoms with Crippen molar-refractivity contribution in [3.63, 3.8) is 0 Å². The molecule has 1 heterocycles. The number of thioether (sulfide) groups is 1. The molecule has 1 aromatic heterocycles. The van der Waals surface area contributed by atoms with E-state index < -0.39 is 0 Å². The van der Waals surface area contributed by atoms with E-state index >= 15 is 0 Å². The molecule has 0 aliphatic heterocycles. The van der Waals surface area contributed by atoms with Crippen LogP contribution in [0.25, 0.3) is 10.9 Å². The van der Waals surface area contributed by atoms with Gasteiger partial charge >= 0.3 is 0 Å².